The summed E-state index contributed by atoms with van der Waals surface area (Å²) >= 11 is 0. The Morgan fingerprint density at radius 1 is 0.778 bits per heavy atom. The second-order valence-electron chi connectivity index (χ2n) is 16.3. The van der Waals surface area contributed by atoms with Crippen molar-refractivity contribution in [3.8, 4) is 6.07 Å². The minimum atomic E-state index is -3.16. The summed E-state index contributed by atoms with van der Waals surface area (Å²) in [4.78, 5) is 92.6. The van der Waals surface area contributed by atoms with E-state index in [1.807, 2.05) is 33.9 Å². The van der Waals surface area contributed by atoms with Gasteiger partial charge in [-0.15, -0.1) is 0 Å². The van der Waals surface area contributed by atoms with Gasteiger partial charge < -0.3 is 35.3 Å². The molecule has 3 aliphatic heterocycles. The first-order chi connectivity index (χ1) is 30.0. The Bertz CT molecular complexity index is 1970. The van der Waals surface area contributed by atoms with Gasteiger partial charge >= 0.3 is 17.9 Å². The lowest BCUT2D eigenvalue weighted by atomic mass is 10.1. The summed E-state index contributed by atoms with van der Waals surface area (Å²) in [5, 5.41) is 40.7. The van der Waals surface area contributed by atoms with Gasteiger partial charge in [0.25, 0.3) is 11.8 Å². The fraction of sp³-hybridized carbons (Fsp3) is 0.610. The van der Waals surface area contributed by atoms with E-state index in [-0.39, 0.29) is 50.7 Å². The van der Waals surface area contributed by atoms with Crippen molar-refractivity contribution >= 4 is 52.2 Å². The number of likely N-dealkylation sites (tertiary alicyclic amines) is 1. The molecular formula is C41H57F2N11O9. The van der Waals surface area contributed by atoms with E-state index in [0.717, 1.165) is 23.6 Å². The Hall–Kier alpha value is -5.60. The highest BCUT2D eigenvalue weighted by Gasteiger charge is 2.47. The predicted octanol–water partition coefficient (Wildman–Crippen LogP) is -0.830. The van der Waals surface area contributed by atoms with E-state index in [1.165, 1.54) is 12.3 Å². The zero-order valence-electron chi connectivity index (χ0n) is 35.5. The molecule has 20 nitrogen and oxygen atoms in total. The van der Waals surface area contributed by atoms with Gasteiger partial charge in [-0.05, 0) is 37.2 Å². The summed E-state index contributed by atoms with van der Waals surface area (Å²) in [5.74, 6) is -7.65. The number of piperazine rings is 1. The maximum atomic E-state index is 13.9. The Labute approximate surface area is 364 Å². The lowest BCUT2D eigenvalue weighted by molar-refractivity contribution is -0.141. The third-order valence-corrected chi connectivity index (χ3v) is 11.6. The van der Waals surface area contributed by atoms with Gasteiger partial charge in [0.1, 0.15) is 6.04 Å². The second kappa shape index (κ2) is 22.7. The third kappa shape index (κ3) is 14.7. The molecular weight excluding hydrogens is 829 g/mol. The summed E-state index contributed by atoms with van der Waals surface area (Å²) in [7, 11) is 1.93. The Kier molecular flexibility index (Phi) is 17.4. The average molecular weight is 886 g/mol. The third-order valence-electron chi connectivity index (χ3n) is 11.6. The highest BCUT2D eigenvalue weighted by Crippen LogP contribution is 2.31. The summed E-state index contributed by atoms with van der Waals surface area (Å²) in [5.41, 5.74) is 1.64. The van der Waals surface area contributed by atoms with Crippen LogP contribution in [-0.2, 0) is 24.0 Å². The van der Waals surface area contributed by atoms with Crippen molar-refractivity contribution in [3.05, 3.63) is 36.0 Å². The number of hydrogen-bond acceptors (Lipinski definition) is 14. The second-order valence-corrected chi connectivity index (χ2v) is 16.3. The van der Waals surface area contributed by atoms with Crippen LogP contribution >= 0.6 is 0 Å². The van der Waals surface area contributed by atoms with Gasteiger partial charge in [-0.3, -0.25) is 58.3 Å². The van der Waals surface area contributed by atoms with Gasteiger partial charge in [0, 0.05) is 116 Å². The van der Waals surface area contributed by atoms with Gasteiger partial charge in [0.2, 0.25) is 11.8 Å². The number of alkyl halides is 2. The highest BCUT2D eigenvalue weighted by molar-refractivity contribution is 6.07. The molecule has 0 spiro atoms. The van der Waals surface area contributed by atoms with Crippen molar-refractivity contribution in [2.24, 2.45) is 0 Å². The van der Waals surface area contributed by atoms with Crippen LogP contribution in [-0.4, -0.2) is 240 Å². The largest absolute Gasteiger partial charge is 0.480 e. The molecule has 0 radical (unpaired) electrons. The maximum Gasteiger partial charge on any atom is 0.317 e. The van der Waals surface area contributed by atoms with E-state index in [0.29, 0.717) is 82.9 Å². The number of carboxylic acid groups (broad SMARTS) is 3. The average Bonchev–Trinajstić information content (AvgIpc) is 3.57. The molecule has 3 saturated heterocycles. The topological polar surface area (TPSA) is 238 Å². The van der Waals surface area contributed by atoms with Crippen molar-refractivity contribution < 1.29 is 52.9 Å². The van der Waals surface area contributed by atoms with Crippen LogP contribution in [0.5, 0.6) is 0 Å². The number of carboxylic acids is 3. The number of carbonyl (C=O) groups excluding carboxylic acids is 3. The van der Waals surface area contributed by atoms with Crippen molar-refractivity contribution in [2.45, 2.75) is 24.8 Å². The number of nitriles is 1. The van der Waals surface area contributed by atoms with Crippen LogP contribution in [0.2, 0.25) is 0 Å². The molecule has 3 fully saturated rings. The van der Waals surface area contributed by atoms with Crippen LogP contribution in [0.15, 0.2) is 30.5 Å². The summed E-state index contributed by atoms with van der Waals surface area (Å²) in [6.07, 6.45) is 1.53. The Balaban J connectivity index is 1.10. The van der Waals surface area contributed by atoms with E-state index in [2.05, 4.69) is 15.2 Å². The predicted molar refractivity (Wildman–Crippen MR) is 224 cm³/mol. The zero-order valence-corrected chi connectivity index (χ0v) is 35.5. The van der Waals surface area contributed by atoms with Gasteiger partial charge in [0.15, 0.2) is 0 Å². The lowest BCUT2D eigenvalue weighted by Gasteiger charge is -2.37. The van der Waals surface area contributed by atoms with Gasteiger partial charge in [0.05, 0.1) is 56.4 Å². The summed E-state index contributed by atoms with van der Waals surface area (Å²) < 4.78 is 27.7. The smallest absolute Gasteiger partial charge is 0.317 e. The van der Waals surface area contributed by atoms with Crippen LogP contribution < -0.4 is 10.2 Å². The normalized spacial score (nSPS) is 20.1. The van der Waals surface area contributed by atoms with Crippen LogP contribution in [0.3, 0.4) is 0 Å². The number of aliphatic carboxylic acids is 3. The molecule has 0 unspecified atom stereocenters. The molecule has 0 bridgehead atoms. The SMILES string of the molecule is CN(CCCN1CCN(C(=O)CN2CCN(CC(=O)O)CCN(CC(=O)O)CCN(CC(=O)O)CC2)CC1)c1ccc2nccc(C(=O)NCC(=O)N3CC(F)(F)C[C@H]3C#N)c2c1. The fourth-order valence-electron chi connectivity index (χ4n) is 8.07. The Morgan fingerprint density at radius 3 is 1.83 bits per heavy atom. The molecule has 1 aromatic carbocycles. The standard InChI is InChI=1S/C41H57F2N11O9/c1-47(30-3-4-34-33(21-30)32(5-6-45-34)40(63)46-24-35(55)54-29-41(42,43)22-31(54)23-44)7-2-8-48-17-19-53(20-18-48)36(56)25-49-9-11-50(26-37(57)58)13-15-52(28-39(61)62)16-14-51(12-10-49)27-38(59)60/h3-6,21,31H,2,7-20,22,24-29H2,1H3,(H,46,63)(H,57,58)(H,59,60)(H,61,62)/t31-/m0/s1. The van der Waals surface area contributed by atoms with Crippen LogP contribution in [0.1, 0.15) is 23.2 Å². The number of amides is 3. The number of nitrogens with one attached hydrogen (secondary N) is 1. The highest BCUT2D eigenvalue weighted by atomic mass is 19.3. The molecule has 1 aromatic heterocycles. The molecule has 0 aliphatic carbocycles. The minimum absolute atomic E-state index is 0.0713. The molecule has 344 valence electrons. The molecule has 3 amide bonds. The number of anilines is 1. The first-order valence-electron chi connectivity index (χ1n) is 21.0. The molecule has 3 aliphatic rings. The molecule has 2 aromatic rings. The van der Waals surface area contributed by atoms with Gasteiger partial charge in [-0.1, -0.05) is 0 Å². The van der Waals surface area contributed by atoms with Gasteiger partial charge in [-0.25, -0.2) is 8.78 Å². The van der Waals surface area contributed by atoms with E-state index in [4.69, 9.17) is 0 Å². The number of pyridine rings is 1. The van der Waals surface area contributed by atoms with Crippen molar-refractivity contribution in [1.29, 1.82) is 5.26 Å². The first-order valence-corrected chi connectivity index (χ1v) is 21.0. The van der Waals surface area contributed by atoms with Crippen LogP contribution in [0.25, 0.3) is 10.9 Å². The molecule has 22 heteroatoms. The number of hydrogen-bond donors (Lipinski definition) is 4. The minimum Gasteiger partial charge on any atom is -0.480 e. The summed E-state index contributed by atoms with van der Waals surface area (Å²) in [6, 6.07) is 7.50. The van der Waals surface area contributed by atoms with Crippen LogP contribution in [0, 0.1) is 11.3 Å². The Morgan fingerprint density at radius 2 is 1.30 bits per heavy atom. The fourth-order valence-corrected chi connectivity index (χ4v) is 8.07. The van der Waals surface area contributed by atoms with E-state index < -0.39 is 61.2 Å². The number of carbonyl (C=O) groups is 6. The van der Waals surface area contributed by atoms with Crippen molar-refractivity contribution in [2.75, 3.05) is 143 Å². The molecule has 1 atom stereocenters. The van der Waals surface area contributed by atoms with E-state index >= 15 is 0 Å². The molecule has 5 rings (SSSR count). The molecule has 4 heterocycles. The number of fused-ring (bicyclic) bond motifs is 1. The number of rotatable bonds is 16. The number of benzene rings is 1. The molecule has 63 heavy (non-hydrogen) atoms. The van der Waals surface area contributed by atoms with Crippen molar-refractivity contribution in [1.82, 2.24) is 44.6 Å². The first kappa shape index (κ1) is 48.4. The zero-order chi connectivity index (χ0) is 45.7. The monoisotopic (exact) mass is 885 g/mol. The lowest BCUT2D eigenvalue weighted by Crippen LogP contribution is -2.53. The number of nitrogens with zero attached hydrogens (tertiary/aromatic N) is 10. The van der Waals surface area contributed by atoms with E-state index in [9.17, 15) is 58.1 Å². The van der Waals surface area contributed by atoms with Crippen LogP contribution in [0.4, 0.5) is 14.5 Å². The maximum absolute atomic E-state index is 13.9. The quantitative estimate of drug-likeness (QED) is 0.161. The van der Waals surface area contributed by atoms with Crippen molar-refractivity contribution in [3.63, 3.8) is 0 Å². The van der Waals surface area contributed by atoms with Gasteiger partial charge in [-0.2, -0.15) is 5.26 Å². The molecule has 4 N–H and O–H groups in total. The number of aromatic nitrogens is 1. The summed E-state index contributed by atoms with van der Waals surface area (Å²) in [6.45, 7) is 4.32. The van der Waals surface area contributed by atoms with E-state index in [1.54, 1.807) is 26.8 Å². The number of halogens is 2. The molecule has 0 saturated carbocycles.